The van der Waals surface area contributed by atoms with Crippen molar-refractivity contribution in [3.8, 4) is 5.75 Å². The first-order chi connectivity index (χ1) is 4.95. The average Bonchev–Trinajstić information content (AvgIpc) is 2.64. The van der Waals surface area contributed by atoms with Gasteiger partial charge in [0.25, 0.3) is 0 Å². The van der Waals surface area contributed by atoms with Crippen LogP contribution in [0, 0.1) is 0 Å². The van der Waals surface area contributed by atoms with Gasteiger partial charge in [-0.15, -0.1) is 0 Å². The number of para-hydroxylation sites is 2. The van der Waals surface area contributed by atoms with Gasteiger partial charge in [0.15, 0.2) is 6.23 Å². The van der Waals surface area contributed by atoms with Gasteiger partial charge in [-0.25, -0.2) is 0 Å². The van der Waals surface area contributed by atoms with E-state index in [4.69, 9.17) is 4.74 Å². The van der Waals surface area contributed by atoms with Gasteiger partial charge in [-0.2, -0.15) is 0 Å². The van der Waals surface area contributed by atoms with Gasteiger partial charge in [0.1, 0.15) is 5.75 Å². The zero-order valence-electron chi connectivity index (χ0n) is 5.45. The fourth-order valence-corrected chi connectivity index (χ4v) is 1.42. The van der Waals surface area contributed by atoms with Gasteiger partial charge in [0, 0.05) is 0 Å². The quantitative estimate of drug-likeness (QED) is 0.493. The third-order valence-corrected chi connectivity index (χ3v) is 2.00. The van der Waals surface area contributed by atoms with Crippen LogP contribution >= 0.6 is 0 Å². The summed E-state index contributed by atoms with van der Waals surface area (Å²) >= 11 is 0. The molecule has 2 heteroatoms. The number of anilines is 1. The monoisotopic (exact) mass is 133 g/mol. The van der Waals surface area contributed by atoms with Crippen molar-refractivity contribution in [3.63, 3.8) is 0 Å². The van der Waals surface area contributed by atoms with E-state index in [1.54, 1.807) is 0 Å². The molecule has 2 heterocycles. The molecular formula is C8H7NO. The molecule has 2 aliphatic heterocycles. The summed E-state index contributed by atoms with van der Waals surface area (Å²) in [6.45, 7) is 1.08. The standard InChI is InChI=1S/C8H7NO/c1-2-4-7-6(3-1)9-5-8(9)10-7/h1-4,8H,5H2. The fraction of sp³-hybridized carbons (Fsp3) is 0.250. The zero-order chi connectivity index (χ0) is 6.55. The van der Waals surface area contributed by atoms with Crippen molar-refractivity contribution in [3.05, 3.63) is 24.3 Å². The summed E-state index contributed by atoms with van der Waals surface area (Å²) in [5.41, 5.74) is 1.26. The highest BCUT2D eigenvalue weighted by Crippen LogP contribution is 2.43. The Balaban J connectivity index is 2.22. The fourth-order valence-electron chi connectivity index (χ4n) is 1.42. The minimum Gasteiger partial charge on any atom is -0.466 e. The van der Waals surface area contributed by atoms with E-state index in [0.717, 1.165) is 12.3 Å². The summed E-state index contributed by atoms with van der Waals surface area (Å²) in [6, 6.07) is 8.16. The molecule has 1 aromatic rings. The lowest BCUT2D eigenvalue weighted by Crippen LogP contribution is -1.94. The van der Waals surface area contributed by atoms with Crippen LogP contribution in [0.4, 0.5) is 5.69 Å². The molecule has 2 nitrogen and oxygen atoms in total. The van der Waals surface area contributed by atoms with Gasteiger partial charge in [0.2, 0.25) is 0 Å². The summed E-state index contributed by atoms with van der Waals surface area (Å²) < 4.78 is 5.51. The molecule has 1 saturated heterocycles. The first-order valence-corrected chi connectivity index (χ1v) is 3.47. The highest BCUT2D eigenvalue weighted by Gasteiger charge is 2.43. The van der Waals surface area contributed by atoms with Crippen molar-refractivity contribution in [2.75, 3.05) is 11.4 Å². The molecule has 1 unspecified atom stereocenters. The topological polar surface area (TPSA) is 12.2 Å². The zero-order valence-corrected chi connectivity index (χ0v) is 5.45. The number of rotatable bonds is 0. The Morgan fingerprint density at radius 3 is 3.20 bits per heavy atom. The van der Waals surface area contributed by atoms with Crippen molar-refractivity contribution in [1.29, 1.82) is 0 Å². The van der Waals surface area contributed by atoms with Crippen molar-refractivity contribution < 1.29 is 4.74 Å². The lowest BCUT2D eigenvalue weighted by atomic mass is 10.3. The smallest absolute Gasteiger partial charge is 0.190 e. The highest BCUT2D eigenvalue weighted by atomic mass is 16.5. The van der Waals surface area contributed by atoms with E-state index < -0.39 is 0 Å². The predicted molar refractivity (Wildman–Crippen MR) is 38.2 cm³/mol. The van der Waals surface area contributed by atoms with Crippen LogP contribution in [0.2, 0.25) is 0 Å². The van der Waals surface area contributed by atoms with E-state index >= 15 is 0 Å². The van der Waals surface area contributed by atoms with Crippen LogP contribution in [-0.4, -0.2) is 12.8 Å². The van der Waals surface area contributed by atoms with Crippen LogP contribution in [0.5, 0.6) is 5.75 Å². The highest BCUT2D eigenvalue weighted by molar-refractivity contribution is 5.67. The van der Waals surface area contributed by atoms with E-state index in [2.05, 4.69) is 11.0 Å². The Labute approximate surface area is 59.0 Å². The van der Waals surface area contributed by atoms with Crippen LogP contribution in [0.25, 0.3) is 0 Å². The molecule has 1 fully saturated rings. The van der Waals surface area contributed by atoms with Gasteiger partial charge >= 0.3 is 0 Å². The van der Waals surface area contributed by atoms with E-state index in [-0.39, 0.29) is 0 Å². The van der Waals surface area contributed by atoms with E-state index in [1.165, 1.54) is 5.69 Å². The second kappa shape index (κ2) is 1.29. The predicted octanol–water partition coefficient (Wildman–Crippen LogP) is 1.23. The van der Waals surface area contributed by atoms with E-state index in [0.29, 0.717) is 6.23 Å². The molecular weight excluding hydrogens is 126 g/mol. The first kappa shape index (κ1) is 4.61. The molecule has 0 amide bonds. The SMILES string of the molecule is c1ccc2c(c1)OC1CN21. The maximum atomic E-state index is 5.51. The Kier molecular flexibility index (Phi) is 0.592. The average molecular weight is 133 g/mol. The maximum absolute atomic E-state index is 5.51. The van der Waals surface area contributed by atoms with Gasteiger partial charge < -0.3 is 9.64 Å². The number of hydrogen-bond donors (Lipinski definition) is 0. The van der Waals surface area contributed by atoms with Crippen molar-refractivity contribution in [2.24, 2.45) is 0 Å². The Bertz CT molecular complexity index is 284. The molecule has 3 rings (SSSR count). The Hall–Kier alpha value is -1.18. The molecule has 2 aliphatic rings. The van der Waals surface area contributed by atoms with Crippen molar-refractivity contribution in [2.45, 2.75) is 6.23 Å². The summed E-state index contributed by atoms with van der Waals surface area (Å²) in [5, 5.41) is 0. The summed E-state index contributed by atoms with van der Waals surface area (Å²) in [7, 11) is 0. The summed E-state index contributed by atoms with van der Waals surface area (Å²) in [6.07, 6.45) is 0.373. The second-order valence-electron chi connectivity index (χ2n) is 2.69. The minimum atomic E-state index is 0.373. The molecule has 0 aromatic heterocycles. The molecule has 0 aliphatic carbocycles. The normalized spacial score (nSPS) is 25.2. The summed E-state index contributed by atoms with van der Waals surface area (Å²) in [4.78, 5) is 2.25. The van der Waals surface area contributed by atoms with Crippen LogP contribution in [0.15, 0.2) is 24.3 Å². The first-order valence-electron chi connectivity index (χ1n) is 3.47. The molecule has 1 aromatic carbocycles. The molecule has 0 bridgehead atoms. The minimum absolute atomic E-state index is 0.373. The number of benzene rings is 1. The largest absolute Gasteiger partial charge is 0.466 e. The Morgan fingerprint density at radius 2 is 2.30 bits per heavy atom. The lowest BCUT2D eigenvalue weighted by molar-refractivity contribution is 0.327. The van der Waals surface area contributed by atoms with Gasteiger partial charge in [-0.1, -0.05) is 12.1 Å². The Morgan fingerprint density at radius 1 is 1.40 bits per heavy atom. The number of fused-ring (bicyclic) bond motifs is 3. The van der Waals surface area contributed by atoms with E-state index in [1.807, 2.05) is 18.2 Å². The van der Waals surface area contributed by atoms with Gasteiger partial charge in [-0.3, -0.25) is 0 Å². The van der Waals surface area contributed by atoms with Crippen molar-refractivity contribution in [1.82, 2.24) is 0 Å². The molecule has 0 saturated carbocycles. The van der Waals surface area contributed by atoms with Crippen LogP contribution in [0.1, 0.15) is 0 Å². The third-order valence-electron chi connectivity index (χ3n) is 2.00. The number of ether oxygens (including phenoxy) is 1. The number of hydrogen-bond acceptors (Lipinski definition) is 2. The summed E-state index contributed by atoms with van der Waals surface area (Å²) in [5.74, 6) is 1.04. The van der Waals surface area contributed by atoms with Crippen LogP contribution < -0.4 is 9.64 Å². The molecule has 50 valence electrons. The number of nitrogens with zero attached hydrogens (tertiary/aromatic N) is 1. The van der Waals surface area contributed by atoms with Crippen LogP contribution in [0.3, 0.4) is 0 Å². The van der Waals surface area contributed by atoms with Crippen molar-refractivity contribution >= 4 is 5.69 Å². The third kappa shape index (κ3) is 0.407. The molecule has 1 atom stereocenters. The van der Waals surface area contributed by atoms with Gasteiger partial charge in [-0.05, 0) is 12.1 Å². The molecule has 0 spiro atoms. The second-order valence-corrected chi connectivity index (χ2v) is 2.69. The molecule has 0 N–H and O–H groups in total. The maximum Gasteiger partial charge on any atom is 0.190 e. The lowest BCUT2D eigenvalue weighted by Gasteiger charge is -1.98. The van der Waals surface area contributed by atoms with Crippen LogP contribution in [-0.2, 0) is 0 Å². The molecule has 10 heavy (non-hydrogen) atoms. The van der Waals surface area contributed by atoms with E-state index in [9.17, 15) is 0 Å². The molecule has 0 radical (unpaired) electrons. The van der Waals surface area contributed by atoms with Gasteiger partial charge in [0.05, 0.1) is 12.2 Å².